The summed E-state index contributed by atoms with van der Waals surface area (Å²) in [7, 11) is 0. The minimum Gasteiger partial charge on any atom is -0.342 e. The molecular weight excluding hydrogens is 364 g/mol. The monoisotopic (exact) mass is 394 g/mol. The second-order valence-corrected chi connectivity index (χ2v) is 9.55. The number of rotatable bonds is 3. The molecule has 2 aliphatic rings. The molecule has 6 nitrogen and oxygen atoms in total. The van der Waals surface area contributed by atoms with Gasteiger partial charge in [-0.15, -0.1) is 0 Å². The van der Waals surface area contributed by atoms with Crippen LogP contribution in [0.15, 0.2) is 29.3 Å². The van der Waals surface area contributed by atoms with Crippen LogP contribution in [0.5, 0.6) is 0 Å². The molecule has 1 saturated heterocycles. The number of hydrogen-bond acceptors (Lipinski definition) is 4. The van der Waals surface area contributed by atoms with E-state index >= 15 is 0 Å². The Morgan fingerprint density at radius 1 is 1.31 bits per heavy atom. The molecule has 1 fully saturated rings. The smallest absolute Gasteiger partial charge is 0.254 e. The van der Waals surface area contributed by atoms with Crippen molar-refractivity contribution >= 4 is 5.91 Å². The van der Waals surface area contributed by atoms with E-state index in [2.05, 4.69) is 30.7 Å². The Morgan fingerprint density at radius 3 is 2.86 bits per heavy atom. The molecule has 154 valence electrons. The molecule has 1 spiro atoms. The molecule has 2 aromatic heterocycles. The van der Waals surface area contributed by atoms with E-state index in [0.717, 1.165) is 54.9 Å². The lowest BCUT2D eigenvalue weighted by Crippen LogP contribution is -2.48. The number of nitrogens with zero attached hydrogens (tertiary/aromatic N) is 3. The minimum absolute atomic E-state index is 0.00294. The van der Waals surface area contributed by atoms with E-state index in [1.165, 1.54) is 0 Å². The molecule has 0 radical (unpaired) electrons. The molecule has 3 heterocycles. The maximum absolute atomic E-state index is 12.9. The van der Waals surface area contributed by atoms with Crippen molar-refractivity contribution < 1.29 is 4.79 Å². The number of carbonyl (C=O) groups is 1. The maximum atomic E-state index is 12.9. The third kappa shape index (κ3) is 3.85. The fraction of sp³-hybridized carbons (Fsp3) is 0.565. The van der Waals surface area contributed by atoms with Gasteiger partial charge in [-0.05, 0) is 43.7 Å². The van der Waals surface area contributed by atoms with Gasteiger partial charge in [-0.2, -0.15) is 0 Å². The number of hydrogen-bond donors (Lipinski definition) is 1. The van der Waals surface area contributed by atoms with Gasteiger partial charge in [0.1, 0.15) is 5.82 Å². The number of pyridine rings is 1. The standard InChI is InChI=1S/C23H30N4O2/c1-22(2,3)21-25-19-17(20(29)26-21)9-11-23(19)10-5-13-27(15-23)18(28)8-7-16-6-4-12-24-14-16/h4,6,12,14H,5,7-11,13,15H2,1-3H3,(H,25,26,29). The number of aryl methyl sites for hydroxylation is 1. The zero-order valence-corrected chi connectivity index (χ0v) is 17.6. The van der Waals surface area contributed by atoms with Crippen LogP contribution >= 0.6 is 0 Å². The number of carbonyl (C=O) groups excluding carboxylic acids is 1. The van der Waals surface area contributed by atoms with E-state index in [1.54, 1.807) is 6.20 Å². The molecule has 0 saturated carbocycles. The van der Waals surface area contributed by atoms with Gasteiger partial charge in [-0.25, -0.2) is 4.98 Å². The van der Waals surface area contributed by atoms with Gasteiger partial charge in [0.2, 0.25) is 5.91 Å². The molecule has 0 aromatic carbocycles. The molecule has 1 unspecified atom stereocenters. The van der Waals surface area contributed by atoms with Crippen LogP contribution < -0.4 is 5.56 Å². The van der Waals surface area contributed by atoms with E-state index in [-0.39, 0.29) is 22.3 Å². The van der Waals surface area contributed by atoms with Gasteiger partial charge in [0.15, 0.2) is 0 Å². The van der Waals surface area contributed by atoms with Crippen molar-refractivity contribution in [3.05, 3.63) is 57.5 Å². The molecule has 1 atom stereocenters. The quantitative estimate of drug-likeness (QED) is 0.868. The molecule has 1 N–H and O–H groups in total. The van der Waals surface area contributed by atoms with E-state index in [4.69, 9.17) is 4.98 Å². The summed E-state index contributed by atoms with van der Waals surface area (Å²) < 4.78 is 0. The highest BCUT2D eigenvalue weighted by atomic mass is 16.2. The number of amides is 1. The van der Waals surface area contributed by atoms with Gasteiger partial charge in [0.25, 0.3) is 5.56 Å². The van der Waals surface area contributed by atoms with Gasteiger partial charge < -0.3 is 9.88 Å². The highest BCUT2D eigenvalue weighted by Gasteiger charge is 2.45. The van der Waals surface area contributed by atoms with Crippen LogP contribution in [-0.2, 0) is 28.5 Å². The molecule has 2 aromatic rings. The third-order valence-electron chi connectivity index (χ3n) is 6.36. The predicted octanol–water partition coefficient (Wildman–Crippen LogP) is 2.90. The summed E-state index contributed by atoms with van der Waals surface area (Å²) in [4.78, 5) is 39.7. The summed E-state index contributed by atoms with van der Waals surface area (Å²) in [6.45, 7) is 7.65. The second kappa shape index (κ2) is 7.39. The Hall–Kier alpha value is -2.50. The van der Waals surface area contributed by atoms with Crippen LogP contribution in [0.25, 0.3) is 0 Å². The van der Waals surface area contributed by atoms with Crippen LogP contribution in [0.3, 0.4) is 0 Å². The number of H-pyrrole nitrogens is 1. The fourth-order valence-electron chi connectivity index (χ4n) is 4.70. The van der Waals surface area contributed by atoms with Crippen molar-refractivity contribution in [3.63, 3.8) is 0 Å². The SMILES string of the molecule is CC(C)(C)c1nc2c(c(=O)[nH]1)CCC21CCCN(C(=O)CCc2cccnc2)C1. The lowest BCUT2D eigenvalue weighted by molar-refractivity contribution is -0.133. The van der Waals surface area contributed by atoms with Crippen LogP contribution in [-0.4, -0.2) is 38.8 Å². The largest absolute Gasteiger partial charge is 0.342 e. The van der Waals surface area contributed by atoms with Crippen molar-refractivity contribution in [2.24, 2.45) is 0 Å². The number of fused-ring (bicyclic) bond motifs is 2. The first-order valence-electron chi connectivity index (χ1n) is 10.6. The van der Waals surface area contributed by atoms with E-state index < -0.39 is 0 Å². The van der Waals surface area contributed by atoms with Gasteiger partial charge in [0.05, 0.1) is 5.69 Å². The summed E-state index contributed by atoms with van der Waals surface area (Å²) in [5, 5.41) is 0. The van der Waals surface area contributed by atoms with Crippen LogP contribution in [0.1, 0.15) is 69.1 Å². The molecule has 0 bridgehead atoms. The number of piperidine rings is 1. The molecule has 6 heteroatoms. The lowest BCUT2D eigenvalue weighted by atomic mass is 9.77. The molecule has 4 rings (SSSR count). The second-order valence-electron chi connectivity index (χ2n) is 9.55. The van der Waals surface area contributed by atoms with Crippen molar-refractivity contribution in [3.8, 4) is 0 Å². The zero-order chi connectivity index (χ0) is 20.6. The highest BCUT2D eigenvalue weighted by Crippen LogP contribution is 2.43. The Kier molecular flexibility index (Phi) is 5.05. The molecule has 29 heavy (non-hydrogen) atoms. The van der Waals surface area contributed by atoms with Gasteiger partial charge >= 0.3 is 0 Å². The van der Waals surface area contributed by atoms with E-state index in [9.17, 15) is 9.59 Å². The zero-order valence-electron chi connectivity index (χ0n) is 17.6. The van der Waals surface area contributed by atoms with Crippen molar-refractivity contribution in [2.75, 3.05) is 13.1 Å². The maximum Gasteiger partial charge on any atom is 0.254 e. The first-order chi connectivity index (χ1) is 13.8. The van der Waals surface area contributed by atoms with Gasteiger partial charge in [0, 0.05) is 48.3 Å². The number of aromatic amines is 1. The molecule has 1 aliphatic heterocycles. The summed E-state index contributed by atoms with van der Waals surface area (Å²) in [6.07, 6.45) is 8.37. The number of nitrogens with one attached hydrogen (secondary N) is 1. The summed E-state index contributed by atoms with van der Waals surface area (Å²) >= 11 is 0. The fourth-order valence-corrected chi connectivity index (χ4v) is 4.70. The summed E-state index contributed by atoms with van der Waals surface area (Å²) in [5.41, 5.74) is 2.45. The third-order valence-corrected chi connectivity index (χ3v) is 6.36. The minimum atomic E-state index is -0.216. The molecular formula is C23H30N4O2. The van der Waals surface area contributed by atoms with Gasteiger partial charge in [-0.3, -0.25) is 14.6 Å². The first kappa shape index (κ1) is 19.8. The van der Waals surface area contributed by atoms with Gasteiger partial charge in [-0.1, -0.05) is 26.8 Å². The van der Waals surface area contributed by atoms with Crippen LogP contribution in [0, 0.1) is 0 Å². The lowest BCUT2D eigenvalue weighted by Gasteiger charge is -2.41. The van der Waals surface area contributed by atoms with Crippen molar-refractivity contribution in [2.45, 2.75) is 70.1 Å². The topological polar surface area (TPSA) is 79.0 Å². The Balaban J connectivity index is 1.55. The Morgan fingerprint density at radius 2 is 2.14 bits per heavy atom. The number of likely N-dealkylation sites (tertiary alicyclic amines) is 1. The summed E-state index contributed by atoms with van der Waals surface area (Å²) in [5.74, 6) is 0.921. The van der Waals surface area contributed by atoms with Crippen LogP contribution in [0.4, 0.5) is 0 Å². The predicted molar refractivity (Wildman–Crippen MR) is 112 cm³/mol. The molecule has 1 aliphatic carbocycles. The highest BCUT2D eigenvalue weighted by molar-refractivity contribution is 5.76. The van der Waals surface area contributed by atoms with Crippen molar-refractivity contribution in [1.29, 1.82) is 0 Å². The van der Waals surface area contributed by atoms with Crippen molar-refractivity contribution in [1.82, 2.24) is 19.9 Å². The van der Waals surface area contributed by atoms with E-state index in [1.807, 2.05) is 23.2 Å². The first-order valence-corrected chi connectivity index (χ1v) is 10.6. The molecule has 1 amide bonds. The normalized spacial score (nSPS) is 21.4. The average Bonchev–Trinajstić information content (AvgIpc) is 3.04. The number of aromatic nitrogens is 3. The average molecular weight is 395 g/mol. The van der Waals surface area contributed by atoms with E-state index in [0.29, 0.717) is 19.4 Å². The summed E-state index contributed by atoms with van der Waals surface area (Å²) in [6, 6.07) is 3.91. The van der Waals surface area contributed by atoms with Crippen LogP contribution in [0.2, 0.25) is 0 Å². The Bertz CT molecular complexity index is 961. The Labute approximate surface area is 171 Å².